The highest BCUT2D eigenvalue weighted by Crippen LogP contribution is 2.39. The van der Waals surface area contributed by atoms with Gasteiger partial charge in [-0.25, -0.2) is 4.98 Å². The molecule has 0 aliphatic heterocycles. The lowest BCUT2D eigenvalue weighted by Crippen LogP contribution is -2.38. The van der Waals surface area contributed by atoms with Crippen molar-refractivity contribution < 1.29 is 14.2 Å². The molecule has 0 spiro atoms. The van der Waals surface area contributed by atoms with Crippen LogP contribution in [0.3, 0.4) is 0 Å². The number of halogens is 1. The minimum absolute atomic E-state index is 0. The summed E-state index contributed by atoms with van der Waals surface area (Å²) >= 11 is 0. The number of nitrogens with zero attached hydrogens (tertiary/aromatic N) is 3. The normalized spacial score (nSPS) is 10.6. The van der Waals surface area contributed by atoms with Gasteiger partial charge in [-0.1, -0.05) is 18.2 Å². The number of ether oxygens (including phenoxy) is 3. The SMILES string of the molecule is C=CCCCN(C)C(=NC)NCc1ccc(Oc2c(OC)cccc2OC)nc1.I. The number of hydrogen-bond donors (Lipinski definition) is 1. The summed E-state index contributed by atoms with van der Waals surface area (Å²) in [6, 6.07) is 9.25. The topological polar surface area (TPSA) is 68.2 Å². The van der Waals surface area contributed by atoms with Crippen molar-refractivity contribution in [1.29, 1.82) is 0 Å². The Bertz CT molecular complexity index is 790. The lowest BCUT2D eigenvalue weighted by atomic mass is 10.2. The maximum Gasteiger partial charge on any atom is 0.219 e. The summed E-state index contributed by atoms with van der Waals surface area (Å²) in [5, 5.41) is 3.35. The first-order valence-corrected chi connectivity index (χ1v) is 9.49. The predicted octanol–water partition coefficient (Wildman–Crippen LogP) is 4.48. The van der Waals surface area contributed by atoms with Crippen molar-refractivity contribution >= 4 is 29.9 Å². The maximum absolute atomic E-state index is 5.90. The van der Waals surface area contributed by atoms with E-state index in [1.807, 2.05) is 43.5 Å². The molecule has 0 aliphatic carbocycles. The first kappa shape index (κ1) is 25.5. The van der Waals surface area contributed by atoms with E-state index in [2.05, 4.69) is 26.8 Å². The Morgan fingerprint density at radius 1 is 1.20 bits per heavy atom. The number of nitrogens with one attached hydrogen (secondary N) is 1. The molecule has 8 heteroatoms. The van der Waals surface area contributed by atoms with E-state index in [1.54, 1.807) is 27.5 Å². The highest BCUT2D eigenvalue weighted by atomic mass is 127. The predicted molar refractivity (Wildman–Crippen MR) is 132 cm³/mol. The Labute approximate surface area is 196 Å². The molecule has 0 aliphatic rings. The summed E-state index contributed by atoms with van der Waals surface area (Å²) in [5.74, 6) is 2.97. The highest BCUT2D eigenvalue weighted by Gasteiger charge is 2.13. The summed E-state index contributed by atoms with van der Waals surface area (Å²) in [7, 11) is 6.98. The first-order valence-electron chi connectivity index (χ1n) is 9.49. The largest absolute Gasteiger partial charge is 0.493 e. The van der Waals surface area contributed by atoms with Crippen LogP contribution in [0.1, 0.15) is 18.4 Å². The van der Waals surface area contributed by atoms with E-state index in [-0.39, 0.29) is 24.0 Å². The number of benzene rings is 1. The van der Waals surface area contributed by atoms with Crippen LogP contribution in [0.15, 0.2) is 54.2 Å². The summed E-state index contributed by atoms with van der Waals surface area (Å²) in [5.41, 5.74) is 1.02. The van der Waals surface area contributed by atoms with Crippen molar-refractivity contribution in [1.82, 2.24) is 15.2 Å². The van der Waals surface area contributed by atoms with Gasteiger partial charge in [0.15, 0.2) is 17.5 Å². The van der Waals surface area contributed by atoms with Crippen molar-refractivity contribution in [2.45, 2.75) is 19.4 Å². The first-order chi connectivity index (χ1) is 14.1. The van der Waals surface area contributed by atoms with E-state index < -0.39 is 0 Å². The third kappa shape index (κ3) is 7.40. The number of guanidine groups is 1. The molecule has 0 radical (unpaired) electrons. The maximum atomic E-state index is 5.90. The molecule has 1 N–H and O–H groups in total. The van der Waals surface area contributed by atoms with Gasteiger partial charge in [-0.3, -0.25) is 4.99 Å². The van der Waals surface area contributed by atoms with Gasteiger partial charge in [0, 0.05) is 39.4 Å². The molecule has 7 nitrogen and oxygen atoms in total. The van der Waals surface area contributed by atoms with Gasteiger partial charge >= 0.3 is 0 Å². The second kappa shape index (κ2) is 13.7. The number of pyridine rings is 1. The van der Waals surface area contributed by atoms with E-state index in [1.165, 1.54) is 0 Å². The standard InChI is InChI=1S/C22H30N4O3.HI/c1-6-7-8-14-26(3)22(23-2)25-16-17-12-13-20(24-15-17)29-21-18(27-4)10-9-11-19(21)28-5;/h6,9-13,15H,1,7-8,14,16H2,2-5H3,(H,23,25);1H. The molecule has 164 valence electrons. The molecule has 0 fully saturated rings. The molecule has 1 aromatic carbocycles. The molecular formula is C22H31IN4O3. The van der Waals surface area contributed by atoms with Crippen molar-refractivity contribution in [2.75, 3.05) is 34.9 Å². The number of hydrogen-bond acceptors (Lipinski definition) is 5. The van der Waals surface area contributed by atoms with Gasteiger partial charge in [0.05, 0.1) is 14.2 Å². The molecule has 1 heterocycles. The summed E-state index contributed by atoms with van der Waals surface area (Å²) in [6.45, 7) is 5.28. The van der Waals surface area contributed by atoms with Crippen molar-refractivity contribution in [3.63, 3.8) is 0 Å². The average Bonchev–Trinajstić information content (AvgIpc) is 2.75. The lowest BCUT2D eigenvalue weighted by Gasteiger charge is -2.21. The molecule has 0 atom stereocenters. The van der Waals surface area contributed by atoms with Crippen molar-refractivity contribution in [3.8, 4) is 23.1 Å². The minimum atomic E-state index is 0. The van der Waals surface area contributed by atoms with Gasteiger partial charge in [-0.05, 0) is 30.5 Å². The second-order valence-electron chi connectivity index (χ2n) is 6.35. The zero-order valence-corrected chi connectivity index (χ0v) is 20.4. The van der Waals surface area contributed by atoms with Crippen LogP contribution in [0.4, 0.5) is 0 Å². The fraction of sp³-hybridized carbons (Fsp3) is 0.364. The van der Waals surface area contributed by atoms with Gasteiger partial charge in [0.1, 0.15) is 0 Å². The Morgan fingerprint density at radius 3 is 2.43 bits per heavy atom. The number of allylic oxidation sites excluding steroid dienone is 1. The molecule has 0 saturated carbocycles. The quantitative estimate of drug-likeness (QED) is 0.162. The number of rotatable bonds is 10. The molecule has 1 aromatic heterocycles. The van der Waals surface area contributed by atoms with Crippen molar-refractivity contribution in [3.05, 3.63) is 54.7 Å². The van der Waals surface area contributed by atoms with Crippen LogP contribution < -0.4 is 19.5 Å². The Hall–Kier alpha value is -2.49. The van der Waals surface area contributed by atoms with E-state index in [9.17, 15) is 0 Å². The average molecular weight is 526 g/mol. The molecule has 2 rings (SSSR count). The lowest BCUT2D eigenvalue weighted by molar-refractivity contribution is 0.342. The molecule has 0 amide bonds. The smallest absolute Gasteiger partial charge is 0.219 e. The zero-order valence-electron chi connectivity index (χ0n) is 18.1. The number of aromatic nitrogens is 1. The van der Waals surface area contributed by atoms with E-state index >= 15 is 0 Å². The van der Waals surface area contributed by atoms with Crippen molar-refractivity contribution in [2.24, 2.45) is 4.99 Å². The van der Waals surface area contributed by atoms with E-state index in [0.717, 1.165) is 30.9 Å². The number of unbranched alkanes of at least 4 members (excludes halogenated alkanes) is 1. The number of methoxy groups -OCH3 is 2. The summed E-state index contributed by atoms with van der Waals surface area (Å²) < 4.78 is 16.6. The third-order valence-corrected chi connectivity index (χ3v) is 4.31. The van der Waals surface area contributed by atoms with Crippen LogP contribution in [0.25, 0.3) is 0 Å². The monoisotopic (exact) mass is 526 g/mol. The van der Waals surface area contributed by atoms with Crippen LogP contribution in [-0.4, -0.2) is 50.7 Å². The van der Waals surface area contributed by atoms with Crippen LogP contribution in [0.5, 0.6) is 23.1 Å². The van der Waals surface area contributed by atoms with Gasteiger partial charge in [0.2, 0.25) is 11.6 Å². The van der Waals surface area contributed by atoms with Crippen LogP contribution >= 0.6 is 24.0 Å². The highest BCUT2D eigenvalue weighted by molar-refractivity contribution is 14.0. The van der Waals surface area contributed by atoms with Gasteiger partial charge in [0.25, 0.3) is 0 Å². The summed E-state index contributed by atoms with van der Waals surface area (Å²) in [6.07, 6.45) is 5.74. The third-order valence-electron chi connectivity index (χ3n) is 4.31. The molecular weight excluding hydrogens is 495 g/mol. The molecule has 30 heavy (non-hydrogen) atoms. The molecule has 0 unspecified atom stereocenters. The Balaban J connectivity index is 0.00000450. The molecule has 2 aromatic rings. The van der Waals surface area contributed by atoms with Crippen LogP contribution in [-0.2, 0) is 6.54 Å². The fourth-order valence-electron chi connectivity index (χ4n) is 2.74. The van der Waals surface area contributed by atoms with Gasteiger partial charge < -0.3 is 24.4 Å². The number of para-hydroxylation sites is 1. The van der Waals surface area contributed by atoms with E-state index in [4.69, 9.17) is 14.2 Å². The van der Waals surface area contributed by atoms with Crippen LogP contribution in [0.2, 0.25) is 0 Å². The number of aliphatic imine (C=N–C) groups is 1. The van der Waals surface area contributed by atoms with Crippen LogP contribution in [0, 0.1) is 0 Å². The molecule has 0 bridgehead atoms. The molecule has 0 saturated heterocycles. The zero-order chi connectivity index (χ0) is 21.1. The minimum Gasteiger partial charge on any atom is -0.493 e. The Morgan fingerprint density at radius 2 is 1.90 bits per heavy atom. The summed E-state index contributed by atoms with van der Waals surface area (Å²) in [4.78, 5) is 10.8. The second-order valence-corrected chi connectivity index (χ2v) is 6.35. The van der Waals surface area contributed by atoms with Gasteiger partial charge in [-0.2, -0.15) is 0 Å². The Kier molecular flexibility index (Phi) is 11.7. The van der Waals surface area contributed by atoms with Gasteiger partial charge in [-0.15, -0.1) is 30.6 Å². The fourth-order valence-corrected chi connectivity index (χ4v) is 2.74. The van der Waals surface area contributed by atoms with E-state index in [0.29, 0.717) is 29.7 Å².